The predicted octanol–water partition coefficient (Wildman–Crippen LogP) is 12.4. The second-order valence-corrected chi connectivity index (χ2v) is 21.0. The summed E-state index contributed by atoms with van der Waals surface area (Å²) in [6.07, 6.45) is 3.73. The van der Waals surface area contributed by atoms with Crippen LogP contribution in [-0.2, 0) is 45.3 Å². The molecule has 6 aromatic rings. The molecule has 1 unspecified atom stereocenters. The van der Waals surface area contributed by atoms with E-state index in [0.717, 1.165) is 65.7 Å². The van der Waals surface area contributed by atoms with E-state index in [1.54, 1.807) is 36.4 Å². The third-order valence-electron chi connectivity index (χ3n) is 12.1. The molecule has 0 N–H and O–H groups in total. The Morgan fingerprint density at radius 1 is 0.429 bits per heavy atom. The van der Waals surface area contributed by atoms with Crippen LogP contribution in [-0.4, -0.2) is 165 Å². The molecule has 1 radical (unpaired) electrons. The van der Waals surface area contributed by atoms with E-state index >= 15 is 0 Å². The third-order valence-corrected chi connectivity index (χ3v) is 14.9. The van der Waals surface area contributed by atoms with Crippen LogP contribution in [0.5, 0.6) is 0 Å². The number of hydrogen-bond acceptors (Lipinski definition) is 12. The van der Waals surface area contributed by atoms with Crippen LogP contribution in [0.4, 0.5) is 0 Å². The molecule has 3 aliphatic heterocycles. The maximum Gasteiger partial charge on any atom is 0.261 e. The first kappa shape index (κ1) is 70.6. The van der Waals surface area contributed by atoms with Crippen LogP contribution in [0.2, 0.25) is 0 Å². The summed E-state index contributed by atoms with van der Waals surface area (Å²) in [5.41, 5.74) is 3.64. The number of carbonyl (C=O) groups is 6. The first-order valence-electron chi connectivity index (χ1n) is 26.2. The molecule has 77 heavy (non-hydrogen) atoms. The minimum absolute atomic E-state index is 0. The molecule has 0 saturated heterocycles. The van der Waals surface area contributed by atoms with Crippen molar-refractivity contribution < 1.29 is 61.5 Å². The van der Waals surface area contributed by atoms with Gasteiger partial charge in [0, 0.05) is 121 Å². The van der Waals surface area contributed by atoms with Crippen LogP contribution < -0.4 is 0 Å². The Bertz CT molecular complexity index is 2440. The average Bonchev–Trinajstić information content (AvgIpc) is 3.44. The Morgan fingerprint density at radius 2 is 0.675 bits per heavy atom. The van der Waals surface area contributed by atoms with Crippen molar-refractivity contribution in [2.24, 2.45) is 0 Å². The molecule has 6 amide bonds. The zero-order chi connectivity index (χ0) is 57.2. The van der Waals surface area contributed by atoms with E-state index in [9.17, 15) is 28.8 Å². The summed E-state index contributed by atoms with van der Waals surface area (Å²) in [6, 6.07) is 33.8. The Kier molecular flexibility index (Phi) is 33.6. The van der Waals surface area contributed by atoms with Gasteiger partial charge in [0.2, 0.25) is 0 Å². The molecule has 0 spiro atoms. The summed E-state index contributed by atoms with van der Waals surface area (Å²) in [4.78, 5) is 81.7. The van der Waals surface area contributed by atoms with Gasteiger partial charge in [0.05, 0.1) is 0 Å². The van der Waals surface area contributed by atoms with Crippen molar-refractivity contribution in [1.29, 1.82) is 0 Å². The number of imide groups is 3. The number of amides is 6. The first-order chi connectivity index (χ1) is 36.4. The molecule has 1 atom stereocenters. The fourth-order valence-electron chi connectivity index (χ4n) is 7.87. The molecule has 0 saturated carbocycles. The normalized spacial score (nSPS) is 13.0. The Hall–Kier alpha value is -4.45. The van der Waals surface area contributed by atoms with E-state index in [4.69, 9.17) is 12.6 Å². The van der Waals surface area contributed by atoms with Crippen LogP contribution in [0.3, 0.4) is 0 Å². The summed E-state index contributed by atoms with van der Waals surface area (Å²) in [5, 5.41) is 5.13. The SMILES string of the molecule is CC.CC.CC.CC(CCSSCCCN(C)C)N(C)C.CN(C)CCC[S-].CN1C(=O)c2cccc3cccc(c23)C1=O.CN1C(=O)c2cccc3cccc(c23)C1=O.CN1C(=O)c2cccc3cccc(c23)C1=O.[Y]. The molecule has 0 bridgehead atoms. The summed E-state index contributed by atoms with van der Waals surface area (Å²) in [6.45, 7) is 16.6. The van der Waals surface area contributed by atoms with Gasteiger partial charge in [-0.1, -0.05) is 142 Å². The van der Waals surface area contributed by atoms with Crippen molar-refractivity contribution in [2.75, 3.05) is 93.8 Å². The fourth-order valence-corrected chi connectivity index (χ4v) is 10.3. The summed E-state index contributed by atoms with van der Waals surface area (Å²) < 4.78 is 0. The quantitative estimate of drug-likeness (QED) is 0.0502. The van der Waals surface area contributed by atoms with E-state index in [1.807, 2.05) is 136 Å². The molecule has 3 aliphatic rings. The van der Waals surface area contributed by atoms with Crippen molar-refractivity contribution in [3.05, 3.63) is 143 Å². The Balaban J connectivity index is 0.000000476. The zero-order valence-electron chi connectivity index (χ0n) is 48.6. The molecule has 415 valence electrons. The second kappa shape index (κ2) is 36.7. The third kappa shape index (κ3) is 19.4. The molecular weight excluding hydrogens is 1100 g/mol. The van der Waals surface area contributed by atoms with E-state index in [-0.39, 0.29) is 68.2 Å². The molecule has 12 nitrogen and oxygen atoms in total. The number of carbonyl (C=O) groups excluding carboxylic acids is 6. The summed E-state index contributed by atoms with van der Waals surface area (Å²) in [7, 11) is 21.3. The Labute approximate surface area is 499 Å². The molecule has 0 aliphatic carbocycles. The minimum Gasteiger partial charge on any atom is -0.793 e. The zero-order valence-corrected chi connectivity index (χ0v) is 53.8. The van der Waals surface area contributed by atoms with Gasteiger partial charge in [0.15, 0.2) is 0 Å². The molecule has 0 fully saturated rings. The largest absolute Gasteiger partial charge is 0.793 e. The average molecular weight is 1180 g/mol. The molecule has 16 heteroatoms. The first-order valence-corrected chi connectivity index (χ1v) is 29.3. The van der Waals surface area contributed by atoms with Crippen LogP contribution in [0, 0.1) is 0 Å². The van der Waals surface area contributed by atoms with Gasteiger partial charge >= 0.3 is 0 Å². The smallest absolute Gasteiger partial charge is 0.261 e. The topological polar surface area (TPSA) is 122 Å². The predicted molar refractivity (Wildman–Crippen MR) is 326 cm³/mol. The summed E-state index contributed by atoms with van der Waals surface area (Å²) in [5.74, 6) is 2.07. The number of benzene rings is 6. The van der Waals surface area contributed by atoms with Gasteiger partial charge in [0.25, 0.3) is 35.4 Å². The van der Waals surface area contributed by atoms with Crippen LogP contribution in [0.15, 0.2) is 109 Å². The van der Waals surface area contributed by atoms with E-state index in [2.05, 4.69) is 63.9 Å². The minimum atomic E-state index is -0.228. The van der Waals surface area contributed by atoms with Crippen LogP contribution in [0.25, 0.3) is 32.3 Å². The number of nitrogens with zero attached hydrogens (tertiary/aromatic N) is 6. The van der Waals surface area contributed by atoms with Crippen LogP contribution in [0.1, 0.15) is 130 Å². The van der Waals surface area contributed by atoms with E-state index in [0.29, 0.717) is 39.4 Å². The van der Waals surface area contributed by atoms with Gasteiger partial charge in [-0.25, -0.2) is 0 Å². The second-order valence-electron chi connectivity index (χ2n) is 17.9. The Morgan fingerprint density at radius 3 is 0.896 bits per heavy atom. The molecule has 3 heterocycles. The van der Waals surface area contributed by atoms with Gasteiger partial charge in [-0.15, -0.1) is 0 Å². The van der Waals surface area contributed by atoms with Gasteiger partial charge in [-0.2, -0.15) is 5.75 Å². The maximum absolute atomic E-state index is 11.9. The summed E-state index contributed by atoms with van der Waals surface area (Å²) >= 11 is 4.74. The van der Waals surface area contributed by atoms with Crippen LogP contribution >= 0.6 is 21.6 Å². The maximum atomic E-state index is 11.9. The monoisotopic (exact) mass is 1180 g/mol. The van der Waals surface area contributed by atoms with E-state index < -0.39 is 0 Å². The standard InChI is InChI=1S/3C13H9NO2.C11H26N2S2.C5H13NS.3C2H6.Y/c3*1-14-12(15)9-6-2-4-8-5-3-7-10(11(8)9)13(14)16;1-11(13(4)5)7-10-15-14-9-6-8-12(2)3;1-6(2)4-3-5-7;3*1-2;/h3*2-7H,1H3;11H,6-10H2,1-5H3;7H,3-5H2,1-2H3;3*1-2H3;/p-1. The number of hydrogen-bond donors (Lipinski definition) is 0. The molecule has 6 aromatic carbocycles. The number of rotatable bonds is 12. The molecular formula is C61H83N6O6S3Y-. The van der Waals surface area contributed by atoms with Gasteiger partial charge in [0.1, 0.15) is 0 Å². The van der Waals surface area contributed by atoms with Crippen molar-refractivity contribution in [3.63, 3.8) is 0 Å². The van der Waals surface area contributed by atoms with Crippen molar-refractivity contribution in [1.82, 2.24) is 29.4 Å². The van der Waals surface area contributed by atoms with Gasteiger partial charge in [-0.05, 0) is 128 Å². The van der Waals surface area contributed by atoms with Gasteiger partial charge in [-0.3, -0.25) is 43.5 Å². The molecule has 0 aromatic heterocycles. The molecule has 9 rings (SSSR count). The van der Waals surface area contributed by atoms with Crippen molar-refractivity contribution >= 4 is 102 Å². The van der Waals surface area contributed by atoms with Gasteiger partial charge < -0.3 is 27.3 Å². The van der Waals surface area contributed by atoms with Crippen molar-refractivity contribution in [3.8, 4) is 0 Å². The van der Waals surface area contributed by atoms with E-state index in [1.165, 1.54) is 52.0 Å². The van der Waals surface area contributed by atoms with Crippen molar-refractivity contribution in [2.45, 2.75) is 73.8 Å². The fraction of sp³-hybridized carbons (Fsp3) is 0.410.